The minimum Gasteiger partial charge on any atom is -0.871 e. The standard InChI is InChI=1S/C20H16N4O5S.C17H14N4O3.Cr.2Na/c1-12-18(20(26)24(23-12)13-7-3-2-4-8-13)21-22-19-15-10-6-5-9-14(15)17(11-16(19)25)30(27,28)29;1-11-15(16(22)21(20-11)12-7-3-2-4-8-12)19-18-14-10-6-5-9-13(14)17(23)24;;;/h2-11,25-26H,1H3,(H,27,28,29);2-10,20H,1H3,(H,23,24);;;/q;;+3;2*+1/p-3. The summed E-state index contributed by atoms with van der Waals surface area (Å²) in [6.45, 7) is 3.28. The molecule has 16 nitrogen and oxygen atoms in total. The molecule has 2 heterocycles. The van der Waals surface area contributed by atoms with Crippen molar-refractivity contribution in [3.05, 3.63) is 143 Å². The van der Waals surface area contributed by atoms with Crippen LogP contribution in [0.4, 0.5) is 22.7 Å². The van der Waals surface area contributed by atoms with Crippen molar-refractivity contribution in [2.45, 2.75) is 18.7 Å². The van der Waals surface area contributed by atoms with Crippen LogP contribution in [-0.2, 0) is 27.5 Å². The van der Waals surface area contributed by atoms with Gasteiger partial charge in [-0.1, -0.05) is 84.6 Å². The minimum absolute atomic E-state index is 0. The fourth-order valence-electron chi connectivity index (χ4n) is 5.33. The van der Waals surface area contributed by atoms with Crippen LogP contribution in [0.1, 0.15) is 21.7 Å². The molecule has 0 saturated heterocycles. The van der Waals surface area contributed by atoms with Gasteiger partial charge in [-0.25, -0.2) is 9.36 Å². The average Bonchev–Trinajstić information content (AvgIpc) is 3.62. The number of carbonyl (C=O) groups excluding carboxylic acids is 1. The van der Waals surface area contributed by atoms with Crippen LogP contribution in [-0.4, -0.2) is 38.5 Å². The average molecular weight is 842 g/mol. The Morgan fingerprint density at radius 2 is 1.26 bits per heavy atom. The van der Waals surface area contributed by atoms with E-state index in [2.05, 4.69) is 30.7 Å². The molecular formula is C37H27CrN8Na2O8S+2. The zero-order chi connectivity index (χ0) is 38.6. The molecule has 0 unspecified atom stereocenters. The molecule has 0 amide bonds. The molecule has 0 spiro atoms. The molecule has 0 bridgehead atoms. The summed E-state index contributed by atoms with van der Waals surface area (Å²) in [5.74, 6) is -2.61. The van der Waals surface area contributed by atoms with Gasteiger partial charge in [-0.15, -0.1) is 15.3 Å². The Morgan fingerprint density at radius 3 is 1.88 bits per heavy atom. The Hall–Kier alpha value is -4.71. The Morgan fingerprint density at radius 1 is 0.737 bits per heavy atom. The van der Waals surface area contributed by atoms with Crippen LogP contribution in [0.2, 0.25) is 0 Å². The number of nitrogens with one attached hydrogen (secondary N) is 1. The largest absolute Gasteiger partial charge is 3.00 e. The first-order valence-electron chi connectivity index (χ1n) is 15.9. The van der Waals surface area contributed by atoms with Crippen LogP contribution in [0.3, 0.4) is 0 Å². The maximum Gasteiger partial charge on any atom is 3.00 e. The van der Waals surface area contributed by atoms with E-state index in [4.69, 9.17) is 0 Å². The first-order valence-corrected chi connectivity index (χ1v) is 17.3. The van der Waals surface area contributed by atoms with E-state index in [0.29, 0.717) is 22.8 Å². The van der Waals surface area contributed by atoms with Crippen LogP contribution in [0, 0.1) is 13.8 Å². The van der Waals surface area contributed by atoms with Crippen molar-refractivity contribution in [3.63, 3.8) is 0 Å². The van der Waals surface area contributed by atoms with Crippen LogP contribution in [0.25, 0.3) is 22.1 Å². The second-order valence-corrected chi connectivity index (χ2v) is 12.9. The molecule has 0 atom stereocenters. The predicted octanol–water partition coefficient (Wildman–Crippen LogP) is -0.598. The molecule has 20 heteroatoms. The van der Waals surface area contributed by atoms with Gasteiger partial charge in [0.15, 0.2) is 5.69 Å². The number of carbonyl (C=O) groups is 1. The number of benzene rings is 5. The molecule has 0 saturated carbocycles. The summed E-state index contributed by atoms with van der Waals surface area (Å²) in [7, 11) is -4.61. The number of para-hydroxylation sites is 2. The van der Waals surface area contributed by atoms with E-state index >= 15 is 0 Å². The van der Waals surface area contributed by atoms with Crippen molar-refractivity contribution < 1.29 is 110 Å². The first-order chi connectivity index (χ1) is 25.8. The van der Waals surface area contributed by atoms with Gasteiger partial charge >= 0.3 is 76.5 Å². The van der Waals surface area contributed by atoms with Crippen LogP contribution in [0.5, 0.6) is 11.6 Å². The van der Waals surface area contributed by atoms with E-state index in [1.165, 1.54) is 33.6 Å². The van der Waals surface area contributed by atoms with Gasteiger partial charge in [0.2, 0.25) is 0 Å². The summed E-state index contributed by atoms with van der Waals surface area (Å²) >= 11 is 0. The van der Waals surface area contributed by atoms with Crippen molar-refractivity contribution in [2.24, 2.45) is 20.5 Å². The van der Waals surface area contributed by atoms with Gasteiger partial charge in [0.25, 0.3) is 15.7 Å². The zero-order valence-electron chi connectivity index (χ0n) is 30.7. The van der Waals surface area contributed by atoms with Crippen LogP contribution < -0.4 is 80.0 Å². The summed E-state index contributed by atoms with van der Waals surface area (Å²) in [6.07, 6.45) is 0. The van der Waals surface area contributed by atoms with Gasteiger partial charge in [-0.2, -0.15) is 18.6 Å². The molecule has 0 aliphatic rings. The fourth-order valence-corrected chi connectivity index (χ4v) is 6.04. The summed E-state index contributed by atoms with van der Waals surface area (Å²) < 4.78 is 35.2. The number of hydrogen-bond acceptors (Lipinski definition) is 12. The van der Waals surface area contributed by atoms with E-state index in [0.717, 1.165) is 6.07 Å². The molecular weight excluding hydrogens is 814 g/mol. The molecule has 5 aromatic carbocycles. The third-order valence-corrected chi connectivity index (χ3v) is 8.79. The van der Waals surface area contributed by atoms with Crippen molar-refractivity contribution in [1.29, 1.82) is 0 Å². The smallest absolute Gasteiger partial charge is 0.871 e. The molecule has 0 fully saturated rings. The van der Waals surface area contributed by atoms with Crippen LogP contribution >= 0.6 is 0 Å². The maximum atomic E-state index is 12.7. The number of aromatic carboxylic acids is 1. The molecule has 1 radical (unpaired) electrons. The molecule has 0 aliphatic heterocycles. The van der Waals surface area contributed by atoms with Gasteiger partial charge in [0.05, 0.1) is 40.1 Å². The number of carboxylic acid groups (broad SMARTS) is 1. The van der Waals surface area contributed by atoms with E-state index in [9.17, 15) is 37.9 Å². The van der Waals surface area contributed by atoms with E-state index in [1.54, 1.807) is 74.5 Å². The molecule has 57 heavy (non-hydrogen) atoms. The van der Waals surface area contributed by atoms with Crippen molar-refractivity contribution in [1.82, 2.24) is 19.6 Å². The van der Waals surface area contributed by atoms with Crippen LogP contribution in [0.15, 0.2) is 145 Å². The van der Waals surface area contributed by atoms with Crippen molar-refractivity contribution >= 4 is 49.6 Å². The number of nitrogens with zero attached hydrogens (tertiary/aromatic N) is 7. The van der Waals surface area contributed by atoms with E-state index in [1.807, 2.05) is 24.3 Å². The van der Waals surface area contributed by atoms with Gasteiger partial charge in [0, 0.05) is 22.2 Å². The summed E-state index contributed by atoms with van der Waals surface area (Å²) in [5, 5.41) is 59.4. The number of H-pyrrole nitrogens is 1. The van der Waals surface area contributed by atoms with Gasteiger partial charge in [-0.05, 0) is 50.2 Å². The number of rotatable bonds is 8. The third kappa shape index (κ3) is 10.4. The fraction of sp³-hybridized carbons (Fsp3) is 0.0541. The molecule has 2 aromatic heterocycles. The molecule has 275 valence electrons. The maximum absolute atomic E-state index is 12.7. The van der Waals surface area contributed by atoms with Gasteiger partial charge in [-0.3, -0.25) is 14.4 Å². The minimum atomic E-state index is -4.61. The van der Waals surface area contributed by atoms with Crippen molar-refractivity contribution in [2.75, 3.05) is 0 Å². The third-order valence-electron chi connectivity index (χ3n) is 7.90. The Balaban J connectivity index is 0.000000296. The monoisotopic (exact) mass is 841 g/mol. The quantitative estimate of drug-likeness (QED) is 0.113. The SMILES string of the molecule is Cc1[nH]n(-c2ccccc2)c(=O)c1N=Nc1ccccc1C(=O)[O-].Cc1nn(-c2ccccc2)c([O-])c1N=Nc1c([O-])cc(S(=O)(=O)O)c2ccccc12.[Cr+3].[Na+].[Na+]. The summed E-state index contributed by atoms with van der Waals surface area (Å²) in [6, 6.07) is 30.7. The number of hydrogen-bond donors (Lipinski definition) is 2. The number of azo groups is 2. The normalized spacial score (nSPS) is 11.0. The number of aromatic nitrogens is 4. The second kappa shape index (κ2) is 20.1. The number of carboxylic acids is 1. The first kappa shape index (κ1) is 46.7. The number of aryl methyl sites for hydroxylation is 2. The Kier molecular flexibility index (Phi) is 16.5. The molecule has 7 rings (SSSR count). The molecule has 0 aliphatic carbocycles. The van der Waals surface area contributed by atoms with E-state index in [-0.39, 0.29) is 121 Å². The second-order valence-electron chi connectivity index (χ2n) is 11.5. The van der Waals surface area contributed by atoms with Crippen molar-refractivity contribution in [3.8, 4) is 23.0 Å². The summed E-state index contributed by atoms with van der Waals surface area (Å²) in [4.78, 5) is 23.0. The Labute approximate surface area is 380 Å². The Bertz CT molecular complexity index is 2760. The molecule has 2 N–H and O–H groups in total. The topological polar surface area (TPSA) is 246 Å². The van der Waals surface area contributed by atoms with E-state index < -0.39 is 32.6 Å². The predicted molar refractivity (Wildman–Crippen MR) is 191 cm³/mol. The van der Waals surface area contributed by atoms with Gasteiger partial charge in [0.1, 0.15) is 10.6 Å². The zero-order valence-corrected chi connectivity index (χ0v) is 36.8. The number of aromatic amines is 1. The summed E-state index contributed by atoms with van der Waals surface area (Å²) in [5.41, 5.74) is 1.67. The van der Waals surface area contributed by atoms with Gasteiger partial charge < -0.3 is 20.1 Å². The number of fused-ring (bicyclic) bond motifs is 1. The molecule has 7 aromatic rings.